The van der Waals surface area contributed by atoms with Gasteiger partial charge in [0.15, 0.2) is 0 Å². The maximum absolute atomic E-state index is 11.7. The normalized spacial score (nSPS) is 17.2. The molecule has 1 aromatic rings. The second kappa shape index (κ2) is 6.36. The van der Waals surface area contributed by atoms with Crippen molar-refractivity contribution < 1.29 is 9.59 Å². The molecule has 20 heavy (non-hydrogen) atoms. The lowest BCUT2D eigenvalue weighted by molar-refractivity contribution is -0.129. The number of rotatable bonds is 4. The predicted octanol–water partition coefficient (Wildman–Crippen LogP) is 1.00. The standard InChI is InChI=1S/C14H20N4O2/c1-10-7-11(2)18(17-10)9-14(20)16-15-13(19)8-12-5-3-4-6-12/h3,5,7,12H,4,6,8-9H2,1-2H3,(H,15,19)(H,16,20). The minimum atomic E-state index is -0.286. The van der Waals surface area contributed by atoms with Gasteiger partial charge in [0.2, 0.25) is 5.91 Å². The topological polar surface area (TPSA) is 76.0 Å². The molecule has 2 amide bonds. The Morgan fingerprint density at radius 1 is 1.35 bits per heavy atom. The molecule has 0 aromatic carbocycles. The van der Waals surface area contributed by atoms with E-state index in [-0.39, 0.29) is 18.4 Å². The van der Waals surface area contributed by atoms with Crippen LogP contribution in [0.5, 0.6) is 0 Å². The van der Waals surface area contributed by atoms with Gasteiger partial charge in [-0.25, -0.2) is 0 Å². The lowest BCUT2D eigenvalue weighted by atomic mass is 10.1. The van der Waals surface area contributed by atoms with Gasteiger partial charge in [-0.05, 0) is 38.7 Å². The van der Waals surface area contributed by atoms with Gasteiger partial charge < -0.3 is 0 Å². The summed E-state index contributed by atoms with van der Waals surface area (Å²) in [4.78, 5) is 23.4. The molecule has 6 heteroatoms. The zero-order chi connectivity index (χ0) is 14.5. The minimum Gasteiger partial charge on any atom is -0.273 e. The van der Waals surface area contributed by atoms with Crippen molar-refractivity contribution in [1.29, 1.82) is 0 Å². The molecule has 1 unspecified atom stereocenters. The van der Waals surface area contributed by atoms with E-state index in [0.29, 0.717) is 12.3 Å². The summed E-state index contributed by atoms with van der Waals surface area (Å²) in [6.07, 6.45) is 6.59. The minimum absolute atomic E-state index is 0.100. The molecule has 0 aliphatic heterocycles. The Labute approximate surface area is 118 Å². The smallest absolute Gasteiger partial charge is 0.260 e. The number of hydrazine groups is 1. The van der Waals surface area contributed by atoms with E-state index in [0.717, 1.165) is 24.2 Å². The summed E-state index contributed by atoms with van der Waals surface area (Å²) in [5.41, 5.74) is 6.64. The summed E-state index contributed by atoms with van der Waals surface area (Å²) in [6.45, 7) is 3.86. The highest BCUT2D eigenvalue weighted by Gasteiger charge is 2.14. The van der Waals surface area contributed by atoms with E-state index < -0.39 is 0 Å². The maximum Gasteiger partial charge on any atom is 0.260 e. The highest BCUT2D eigenvalue weighted by molar-refractivity contribution is 5.82. The fourth-order valence-corrected chi connectivity index (χ4v) is 2.30. The van der Waals surface area contributed by atoms with Crippen molar-refractivity contribution in [3.05, 3.63) is 29.6 Å². The van der Waals surface area contributed by atoms with Crippen LogP contribution in [0.15, 0.2) is 18.2 Å². The van der Waals surface area contributed by atoms with Crippen LogP contribution in [0.25, 0.3) is 0 Å². The third-order valence-corrected chi connectivity index (χ3v) is 3.30. The number of allylic oxidation sites excluding steroid dienone is 2. The Kier molecular flexibility index (Phi) is 4.55. The van der Waals surface area contributed by atoms with Gasteiger partial charge in [-0.2, -0.15) is 5.10 Å². The van der Waals surface area contributed by atoms with Crippen LogP contribution in [0.2, 0.25) is 0 Å². The molecule has 1 heterocycles. The largest absolute Gasteiger partial charge is 0.273 e. The van der Waals surface area contributed by atoms with Crippen LogP contribution < -0.4 is 10.9 Å². The molecule has 1 aliphatic rings. The first kappa shape index (κ1) is 14.3. The summed E-state index contributed by atoms with van der Waals surface area (Å²) in [5, 5.41) is 4.19. The Morgan fingerprint density at radius 2 is 2.10 bits per heavy atom. The molecule has 6 nitrogen and oxygen atoms in total. The molecule has 1 atom stereocenters. The Bertz CT molecular complexity index is 533. The van der Waals surface area contributed by atoms with E-state index in [1.807, 2.05) is 19.9 Å². The second-order valence-electron chi connectivity index (χ2n) is 5.15. The average molecular weight is 276 g/mol. The van der Waals surface area contributed by atoms with Gasteiger partial charge >= 0.3 is 0 Å². The van der Waals surface area contributed by atoms with Crippen LogP contribution in [0.3, 0.4) is 0 Å². The summed E-state index contributed by atoms with van der Waals surface area (Å²) in [7, 11) is 0. The van der Waals surface area contributed by atoms with Crippen LogP contribution >= 0.6 is 0 Å². The number of hydrogen-bond acceptors (Lipinski definition) is 3. The maximum atomic E-state index is 11.7. The summed E-state index contributed by atoms with van der Waals surface area (Å²) in [5.74, 6) is -0.155. The van der Waals surface area contributed by atoms with Crippen molar-refractivity contribution in [3.8, 4) is 0 Å². The van der Waals surface area contributed by atoms with Crippen LogP contribution in [0.1, 0.15) is 30.7 Å². The van der Waals surface area contributed by atoms with E-state index >= 15 is 0 Å². The molecule has 2 N–H and O–H groups in total. The lowest BCUT2D eigenvalue weighted by Crippen LogP contribution is -2.43. The van der Waals surface area contributed by atoms with Gasteiger partial charge in [-0.15, -0.1) is 0 Å². The molecule has 0 bridgehead atoms. The number of hydrogen-bond donors (Lipinski definition) is 2. The number of aryl methyl sites for hydroxylation is 2. The molecular weight excluding hydrogens is 256 g/mol. The van der Waals surface area contributed by atoms with Gasteiger partial charge in [0.25, 0.3) is 5.91 Å². The molecule has 0 saturated carbocycles. The van der Waals surface area contributed by atoms with Crippen LogP contribution in [-0.4, -0.2) is 21.6 Å². The summed E-state index contributed by atoms with van der Waals surface area (Å²) < 4.78 is 1.61. The van der Waals surface area contributed by atoms with Crippen molar-refractivity contribution in [2.24, 2.45) is 5.92 Å². The molecule has 0 saturated heterocycles. The van der Waals surface area contributed by atoms with Gasteiger partial charge in [0, 0.05) is 12.1 Å². The van der Waals surface area contributed by atoms with E-state index in [1.165, 1.54) is 0 Å². The van der Waals surface area contributed by atoms with Gasteiger partial charge in [-0.3, -0.25) is 25.1 Å². The first-order valence-corrected chi connectivity index (χ1v) is 6.80. The molecule has 0 radical (unpaired) electrons. The fourth-order valence-electron chi connectivity index (χ4n) is 2.30. The third-order valence-electron chi connectivity index (χ3n) is 3.30. The zero-order valence-corrected chi connectivity index (χ0v) is 11.8. The summed E-state index contributed by atoms with van der Waals surface area (Å²) >= 11 is 0. The molecule has 0 fully saturated rings. The van der Waals surface area contributed by atoms with Crippen LogP contribution in [0.4, 0.5) is 0 Å². The molecular formula is C14H20N4O2. The molecule has 0 spiro atoms. The van der Waals surface area contributed by atoms with E-state index in [2.05, 4.69) is 28.1 Å². The van der Waals surface area contributed by atoms with Crippen molar-refractivity contribution in [2.75, 3.05) is 0 Å². The Balaban J connectivity index is 1.73. The molecule has 1 aromatic heterocycles. The molecule has 2 rings (SSSR count). The number of carbonyl (C=O) groups excluding carboxylic acids is 2. The van der Waals surface area contributed by atoms with Crippen molar-refractivity contribution in [2.45, 2.75) is 39.7 Å². The highest BCUT2D eigenvalue weighted by Crippen LogP contribution is 2.19. The zero-order valence-electron chi connectivity index (χ0n) is 11.8. The first-order valence-electron chi connectivity index (χ1n) is 6.80. The molecule has 1 aliphatic carbocycles. The van der Waals surface area contributed by atoms with Gasteiger partial charge in [0.05, 0.1) is 5.69 Å². The van der Waals surface area contributed by atoms with Crippen LogP contribution in [0, 0.1) is 19.8 Å². The Hall–Kier alpha value is -2.11. The average Bonchev–Trinajstić information content (AvgIpc) is 2.98. The summed E-state index contributed by atoms with van der Waals surface area (Å²) in [6, 6.07) is 1.90. The lowest BCUT2D eigenvalue weighted by Gasteiger charge is -2.10. The van der Waals surface area contributed by atoms with E-state index in [1.54, 1.807) is 4.68 Å². The monoisotopic (exact) mass is 276 g/mol. The number of amides is 2. The fraction of sp³-hybridized carbons (Fsp3) is 0.500. The van der Waals surface area contributed by atoms with Crippen molar-refractivity contribution >= 4 is 11.8 Å². The number of aromatic nitrogens is 2. The van der Waals surface area contributed by atoms with E-state index in [9.17, 15) is 9.59 Å². The van der Waals surface area contributed by atoms with Crippen molar-refractivity contribution in [1.82, 2.24) is 20.6 Å². The highest BCUT2D eigenvalue weighted by atomic mass is 16.2. The van der Waals surface area contributed by atoms with Gasteiger partial charge in [0.1, 0.15) is 6.54 Å². The van der Waals surface area contributed by atoms with Crippen molar-refractivity contribution in [3.63, 3.8) is 0 Å². The number of nitrogens with one attached hydrogen (secondary N) is 2. The van der Waals surface area contributed by atoms with E-state index in [4.69, 9.17) is 0 Å². The first-order chi connectivity index (χ1) is 9.54. The van der Waals surface area contributed by atoms with Gasteiger partial charge in [-0.1, -0.05) is 12.2 Å². The third kappa shape index (κ3) is 3.94. The molecule has 108 valence electrons. The predicted molar refractivity (Wildman–Crippen MR) is 74.5 cm³/mol. The van der Waals surface area contributed by atoms with Crippen LogP contribution in [-0.2, 0) is 16.1 Å². The number of carbonyl (C=O) groups is 2. The second-order valence-corrected chi connectivity index (χ2v) is 5.15. The Morgan fingerprint density at radius 3 is 2.70 bits per heavy atom. The SMILES string of the molecule is Cc1cc(C)n(CC(=O)NNC(=O)CC2C=CCC2)n1. The number of nitrogens with zero attached hydrogens (tertiary/aromatic N) is 2. The quantitative estimate of drug-likeness (QED) is 0.636.